The van der Waals surface area contributed by atoms with Crippen molar-refractivity contribution >= 4 is 5.97 Å². The fourth-order valence-electron chi connectivity index (χ4n) is 2.42. The molecule has 0 atom stereocenters. The van der Waals surface area contributed by atoms with Gasteiger partial charge in [-0.25, -0.2) is 4.79 Å². The average Bonchev–Trinajstić information content (AvgIpc) is 2.27. The molecule has 3 heteroatoms. The highest BCUT2D eigenvalue weighted by Crippen LogP contribution is 2.32. The SMILES string of the molecule is COC(=O)c1cccc2c1C(C)(C)CNC2. The number of ether oxygens (including phenoxy) is 1. The minimum absolute atomic E-state index is 0.0294. The van der Waals surface area contributed by atoms with Crippen LogP contribution in [0.2, 0.25) is 0 Å². The molecule has 1 aliphatic rings. The van der Waals surface area contributed by atoms with E-state index >= 15 is 0 Å². The molecule has 2 rings (SSSR count). The molecule has 16 heavy (non-hydrogen) atoms. The number of hydrogen-bond donors (Lipinski definition) is 1. The van der Waals surface area contributed by atoms with E-state index in [9.17, 15) is 4.79 Å². The molecule has 3 nitrogen and oxygen atoms in total. The molecule has 0 bridgehead atoms. The molecular weight excluding hydrogens is 202 g/mol. The van der Waals surface area contributed by atoms with Crippen LogP contribution in [-0.2, 0) is 16.7 Å². The summed E-state index contributed by atoms with van der Waals surface area (Å²) in [6.07, 6.45) is 0. The Morgan fingerprint density at radius 3 is 2.88 bits per heavy atom. The van der Waals surface area contributed by atoms with Crippen LogP contribution in [0.25, 0.3) is 0 Å². The number of carbonyl (C=O) groups excluding carboxylic acids is 1. The van der Waals surface area contributed by atoms with E-state index in [2.05, 4.69) is 25.2 Å². The Labute approximate surface area is 95.8 Å². The number of hydrogen-bond acceptors (Lipinski definition) is 3. The molecule has 0 fully saturated rings. The van der Waals surface area contributed by atoms with E-state index in [0.717, 1.165) is 18.7 Å². The maximum Gasteiger partial charge on any atom is 0.338 e. The van der Waals surface area contributed by atoms with Gasteiger partial charge in [-0.3, -0.25) is 0 Å². The zero-order chi connectivity index (χ0) is 11.8. The summed E-state index contributed by atoms with van der Waals surface area (Å²) >= 11 is 0. The molecule has 0 amide bonds. The van der Waals surface area contributed by atoms with Crippen molar-refractivity contribution in [1.29, 1.82) is 0 Å². The van der Waals surface area contributed by atoms with Crippen molar-refractivity contribution in [3.63, 3.8) is 0 Å². The van der Waals surface area contributed by atoms with Crippen molar-refractivity contribution in [1.82, 2.24) is 5.32 Å². The zero-order valence-electron chi connectivity index (χ0n) is 9.96. The number of nitrogens with one attached hydrogen (secondary N) is 1. The molecule has 0 saturated heterocycles. The number of rotatable bonds is 1. The van der Waals surface area contributed by atoms with Gasteiger partial charge >= 0.3 is 5.97 Å². The fraction of sp³-hybridized carbons (Fsp3) is 0.462. The number of carbonyl (C=O) groups is 1. The molecule has 86 valence electrons. The monoisotopic (exact) mass is 219 g/mol. The van der Waals surface area contributed by atoms with E-state index in [-0.39, 0.29) is 11.4 Å². The van der Waals surface area contributed by atoms with Crippen LogP contribution in [0.4, 0.5) is 0 Å². The molecule has 0 radical (unpaired) electrons. The Morgan fingerprint density at radius 2 is 2.19 bits per heavy atom. The summed E-state index contributed by atoms with van der Waals surface area (Å²) in [5.74, 6) is -0.244. The molecule has 1 aromatic carbocycles. The van der Waals surface area contributed by atoms with Gasteiger partial charge in [-0.15, -0.1) is 0 Å². The largest absolute Gasteiger partial charge is 0.465 e. The summed E-state index contributed by atoms with van der Waals surface area (Å²) in [5.41, 5.74) is 2.99. The van der Waals surface area contributed by atoms with Gasteiger partial charge < -0.3 is 10.1 Å². The first-order chi connectivity index (χ1) is 7.56. The molecule has 1 aromatic rings. The summed E-state index contributed by atoms with van der Waals surface area (Å²) in [5, 5.41) is 3.36. The molecule has 1 heterocycles. The summed E-state index contributed by atoms with van der Waals surface area (Å²) in [6.45, 7) is 5.99. The van der Waals surface area contributed by atoms with E-state index in [4.69, 9.17) is 4.74 Å². The van der Waals surface area contributed by atoms with Crippen LogP contribution < -0.4 is 5.32 Å². The summed E-state index contributed by atoms with van der Waals surface area (Å²) < 4.78 is 4.84. The van der Waals surface area contributed by atoms with Crippen LogP contribution in [0.5, 0.6) is 0 Å². The van der Waals surface area contributed by atoms with Crippen LogP contribution in [0.1, 0.15) is 35.3 Å². The third kappa shape index (κ3) is 1.71. The zero-order valence-corrected chi connectivity index (χ0v) is 9.96. The molecule has 0 aliphatic carbocycles. The Bertz CT molecular complexity index is 424. The van der Waals surface area contributed by atoms with Crippen molar-refractivity contribution in [3.05, 3.63) is 34.9 Å². The quantitative estimate of drug-likeness (QED) is 0.733. The van der Waals surface area contributed by atoms with E-state index in [1.54, 1.807) is 0 Å². The lowest BCUT2D eigenvalue weighted by molar-refractivity contribution is 0.0597. The van der Waals surface area contributed by atoms with Gasteiger partial charge in [-0.2, -0.15) is 0 Å². The maximum atomic E-state index is 11.7. The molecule has 1 N–H and O–H groups in total. The van der Waals surface area contributed by atoms with Crippen molar-refractivity contribution in [2.45, 2.75) is 25.8 Å². The molecule has 0 saturated carbocycles. The summed E-state index contributed by atoms with van der Waals surface area (Å²) in [7, 11) is 1.43. The van der Waals surface area contributed by atoms with E-state index in [1.165, 1.54) is 12.7 Å². The first kappa shape index (κ1) is 11.1. The topological polar surface area (TPSA) is 38.3 Å². The minimum Gasteiger partial charge on any atom is -0.465 e. The van der Waals surface area contributed by atoms with Crippen molar-refractivity contribution in [2.75, 3.05) is 13.7 Å². The lowest BCUT2D eigenvalue weighted by Gasteiger charge is -2.34. The second kappa shape index (κ2) is 3.91. The van der Waals surface area contributed by atoms with Crippen LogP contribution in [-0.4, -0.2) is 19.6 Å². The average molecular weight is 219 g/mol. The summed E-state index contributed by atoms with van der Waals surface area (Å²) in [4.78, 5) is 11.7. The Hall–Kier alpha value is -1.35. The van der Waals surface area contributed by atoms with Gasteiger partial charge in [0.2, 0.25) is 0 Å². The third-order valence-electron chi connectivity index (χ3n) is 3.12. The highest BCUT2D eigenvalue weighted by atomic mass is 16.5. The first-order valence-corrected chi connectivity index (χ1v) is 5.47. The van der Waals surface area contributed by atoms with Gasteiger partial charge in [-0.1, -0.05) is 26.0 Å². The number of benzene rings is 1. The lowest BCUT2D eigenvalue weighted by Crippen LogP contribution is -2.40. The van der Waals surface area contributed by atoms with E-state index in [0.29, 0.717) is 5.56 Å². The Balaban J connectivity index is 2.60. The molecule has 0 aromatic heterocycles. The minimum atomic E-state index is -0.244. The number of fused-ring (bicyclic) bond motifs is 1. The first-order valence-electron chi connectivity index (χ1n) is 5.47. The van der Waals surface area contributed by atoms with Crippen LogP contribution >= 0.6 is 0 Å². The van der Waals surface area contributed by atoms with Crippen LogP contribution in [0.15, 0.2) is 18.2 Å². The third-order valence-corrected chi connectivity index (χ3v) is 3.12. The normalized spacial score (nSPS) is 17.7. The maximum absolute atomic E-state index is 11.7. The van der Waals surface area contributed by atoms with Gasteiger partial charge in [-0.05, 0) is 17.2 Å². The van der Waals surface area contributed by atoms with Crippen molar-refractivity contribution < 1.29 is 9.53 Å². The van der Waals surface area contributed by atoms with Crippen molar-refractivity contribution in [3.8, 4) is 0 Å². The number of esters is 1. The smallest absolute Gasteiger partial charge is 0.338 e. The number of methoxy groups -OCH3 is 1. The summed E-state index contributed by atoms with van der Waals surface area (Å²) in [6, 6.07) is 5.82. The van der Waals surface area contributed by atoms with Gasteiger partial charge in [0, 0.05) is 18.5 Å². The molecule has 0 unspecified atom stereocenters. The van der Waals surface area contributed by atoms with Crippen LogP contribution in [0, 0.1) is 0 Å². The van der Waals surface area contributed by atoms with Gasteiger partial charge in [0.15, 0.2) is 0 Å². The molecule has 0 spiro atoms. The molecular formula is C13H17NO2. The van der Waals surface area contributed by atoms with Crippen LogP contribution in [0.3, 0.4) is 0 Å². The van der Waals surface area contributed by atoms with Crippen molar-refractivity contribution in [2.24, 2.45) is 0 Å². The lowest BCUT2D eigenvalue weighted by atomic mass is 9.76. The fourth-order valence-corrected chi connectivity index (χ4v) is 2.42. The predicted octanol–water partition coefficient (Wildman–Crippen LogP) is 1.85. The Morgan fingerprint density at radius 1 is 1.44 bits per heavy atom. The predicted molar refractivity (Wildman–Crippen MR) is 62.5 cm³/mol. The second-order valence-corrected chi connectivity index (χ2v) is 4.82. The van der Waals surface area contributed by atoms with Gasteiger partial charge in [0.1, 0.15) is 0 Å². The standard InChI is InChI=1S/C13H17NO2/c1-13(2)8-14-7-9-5-4-6-10(11(9)13)12(15)16-3/h4-6,14H,7-8H2,1-3H3. The van der Waals surface area contributed by atoms with Gasteiger partial charge in [0.25, 0.3) is 0 Å². The second-order valence-electron chi connectivity index (χ2n) is 4.82. The highest BCUT2D eigenvalue weighted by molar-refractivity contribution is 5.92. The molecule has 1 aliphatic heterocycles. The van der Waals surface area contributed by atoms with Gasteiger partial charge in [0.05, 0.1) is 12.7 Å². The highest BCUT2D eigenvalue weighted by Gasteiger charge is 2.31. The van der Waals surface area contributed by atoms with E-state index in [1.807, 2.05) is 12.1 Å². The van der Waals surface area contributed by atoms with E-state index < -0.39 is 0 Å². The Kier molecular flexibility index (Phi) is 2.72.